The lowest BCUT2D eigenvalue weighted by molar-refractivity contribution is -0.144. The number of ether oxygens (including phenoxy) is 1. The summed E-state index contributed by atoms with van der Waals surface area (Å²) < 4.78 is 18.4. The third-order valence-electron chi connectivity index (χ3n) is 2.40. The van der Waals surface area contributed by atoms with Gasteiger partial charge in [0.2, 0.25) is 5.91 Å². The molecule has 0 radical (unpaired) electrons. The molecule has 1 aromatic carbocycles. The lowest BCUT2D eigenvalue weighted by Crippen LogP contribution is -2.15. The van der Waals surface area contributed by atoms with Crippen molar-refractivity contribution in [2.24, 2.45) is 0 Å². The summed E-state index contributed by atoms with van der Waals surface area (Å²) in [5, 5.41) is 2.57. The van der Waals surface area contributed by atoms with Gasteiger partial charge in [-0.2, -0.15) is 0 Å². The molecule has 0 fully saturated rings. The van der Waals surface area contributed by atoms with E-state index in [2.05, 4.69) is 21.2 Å². The third kappa shape index (κ3) is 4.98. The predicted molar refractivity (Wildman–Crippen MR) is 73.3 cm³/mol. The maximum absolute atomic E-state index is 13.4. The van der Waals surface area contributed by atoms with Gasteiger partial charge in [-0.3, -0.25) is 9.59 Å². The first-order chi connectivity index (χ1) is 8.93. The summed E-state index contributed by atoms with van der Waals surface area (Å²) in [5.74, 6) is -1.22. The number of carbonyl (C=O) groups excluding carboxylic acids is 2. The van der Waals surface area contributed by atoms with E-state index in [-0.39, 0.29) is 25.4 Å². The number of hydrogen-bond donors (Lipinski definition) is 1. The topological polar surface area (TPSA) is 55.4 Å². The number of carbonyl (C=O) groups is 2. The predicted octanol–water partition coefficient (Wildman–Crippen LogP) is 3.18. The second-order valence-corrected chi connectivity index (χ2v) is 4.79. The molecule has 0 aliphatic carbocycles. The summed E-state index contributed by atoms with van der Waals surface area (Å²) in [6.45, 7) is 3.74. The second kappa shape index (κ2) is 7.23. The molecule has 1 rings (SSSR count). The Labute approximate surface area is 119 Å². The van der Waals surface area contributed by atoms with Crippen molar-refractivity contribution < 1.29 is 18.7 Å². The molecular weight excluding hydrogens is 317 g/mol. The number of esters is 1. The molecule has 19 heavy (non-hydrogen) atoms. The minimum absolute atomic E-state index is 0.00988. The summed E-state index contributed by atoms with van der Waals surface area (Å²) in [5.41, 5.74) is 1.13. The first-order valence-corrected chi connectivity index (χ1v) is 6.64. The zero-order chi connectivity index (χ0) is 14.4. The van der Waals surface area contributed by atoms with Gasteiger partial charge in [0.15, 0.2) is 0 Å². The lowest BCUT2D eigenvalue weighted by atomic mass is 10.2. The van der Waals surface area contributed by atoms with Crippen molar-refractivity contribution >= 4 is 33.5 Å². The van der Waals surface area contributed by atoms with Crippen LogP contribution in [-0.4, -0.2) is 18.5 Å². The van der Waals surface area contributed by atoms with E-state index >= 15 is 0 Å². The van der Waals surface area contributed by atoms with Crippen molar-refractivity contribution in [2.45, 2.75) is 26.7 Å². The molecule has 0 heterocycles. The van der Waals surface area contributed by atoms with Crippen molar-refractivity contribution in [1.82, 2.24) is 0 Å². The van der Waals surface area contributed by atoms with Crippen LogP contribution in [0.25, 0.3) is 0 Å². The molecule has 0 saturated carbocycles. The minimum Gasteiger partial charge on any atom is -0.466 e. The number of halogens is 2. The van der Waals surface area contributed by atoms with Crippen LogP contribution in [0, 0.1) is 12.7 Å². The van der Waals surface area contributed by atoms with Gasteiger partial charge in [-0.05, 0) is 47.5 Å². The van der Waals surface area contributed by atoms with Gasteiger partial charge in [-0.15, -0.1) is 0 Å². The van der Waals surface area contributed by atoms with Crippen LogP contribution >= 0.6 is 15.9 Å². The highest BCUT2D eigenvalue weighted by Gasteiger charge is 2.11. The van der Waals surface area contributed by atoms with E-state index in [4.69, 9.17) is 4.74 Å². The maximum Gasteiger partial charge on any atom is 0.306 e. The highest BCUT2D eigenvalue weighted by Crippen LogP contribution is 2.24. The highest BCUT2D eigenvalue weighted by atomic mass is 79.9. The minimum atomic E-state index is -0.453. The largest absolute Gasteiger partial charge is 0.466 e. The van der Waals surface area contributed by atoms with Crippen molar-refractivity contribution in [1.29, 1.82) is 0 Å². The number of rotatable bonds is 5. The van der Waals surface area contributed by atoms with Crippen LogP contribution in [0.15, 0.2) is 16.6 Å². The fourth-order valence-electron chi connectivity index (χ4n) is 1.44. The first kappa shape index (κ1) is 15.6. The van der Waals surface area contributed by atoms with Crippen molar-refractivity contribution in [2.75, 3.05) is 11.9 Å². The van der Waals surface area contributed by atoms with E-state index < -0.39 is 11.8 Å². The molecule has 6 heteroatoms. The molecule has 1 aromatic rings. The van der Waals surface area contributed by atoms with Gasteiger partial charge in [-0.25, -0.2) is 4.39 Å². The molecule has 0 aliphatic rings. The maximum atomic E-state index is 13.4. The number of hydrogen-bond acceptors (Lipinski definition) is 3. The Bertz CT molecular complexity index is 491. The summed E-state index contributed by atoms with van der Waals surface area (Å²) in [4.78, 5) is 22.7. The van der Waals surface area contributed by atoms with E-state index in [1.165, 1.54) is 6.07 Å². The quantitative estimate of drug-likeness (QED) is 0.843. The molecule has 1 amide bonds. The molecule has 104 valence electrons. The molecule has 4 nitrogen and oxygen atoms in total. The zero-order valence-electron chi connectivity index (χ0n) is 10.8. The van der Waals surface area contributed by atoms with Crippen molar-refractivity contribution in [3.8, 4) is 0 Å². The van der Waals surface area contributed by atoms with Gasteiger partial charge in [0.1, 0.15) is 5.82 Å². The van der Waals surface area contributed by atoms with Crippen molar-refractivity contribution in [3.05, 3.63) is 28.0 Å². The number of anilines is 1. The summed E-state index contributed by atoms with van der Waals surface area (Å²) in [6.07, 6.45) is 0.0215. The smallest absolute Gasteiger partial charge is 0.306 e. The Morgan fingerprint density at radius 3 is 2.68 bits per heavy atom. The van der Waals surface area contributed by atoms with Crippen LogP contribution in [0.4, 0.5) is 10.1 Å². The average molecular weight is 332 g/mol. The van der Waals surface area contributed by atoms with E-state index in [9.17, 15) is 14.0 Å². The fourth-order valence-corrected chi connectivity index (χ4v) is 1.90. The fraction of sp³-hybridized carbons (Fsp3) is 0.385. The van der Waals surface area contributed by atoms with Gasteiger partial charge < -0.3 is 10.1 Å². The lowest BCUT2D eigenvalue weighted by Gasteiger charge is -2.09. The number of aryl methyl sites for hydroxylation is 1. The third-order valence-corrected chi connectivity index (χ3v) is 3.01. The van der Waals surface area contributed by atoms with Gasteiger partial charge in [0, 0.05) is 12.1 Å². The molecular formula is C13H15BrFNO3. The van der Waals surface area contributed by atoms with E-state index in [1.54, 1.807) is 19.9 Å². The van der Waals surface area contributed by atoms with E-state index in [0.717, 1.165) is 5.56 Å². The van der Waals surface area contributed by atoms with Crippen LogP contribution in [0.1, 0.15) is 25.3 Å². The number of amides is 1. The van der Waals surface area contributed by atoms with Gasteiger partial charge in [-0.1, -0.05) is 0 Å². The number of nitrogens with one attached hydrogen (secondary N) is 1. The summed E-state index contributed by atoms with van der Waals surface area (Å²) in [7, 11) is 0. The normalized spacial score (nSPS) is 10.1. The van der Waals surface area contributed by atoms with Crippen LogP contribution in [0.3, 0.4) is 0 Å². The van der Waals surface area contributed by atoms with E-state index in [0.29, 0.717) is 10.2 Å². The molecule has 0 atom stereocenters. The molecule has 0 aromatic heterocycles. The first-order valence-electron chi connectivity index (χ1n) is 5.85. The summed E-state index contributed by atoms with van der Waals surface area (Å²) in [6, 6.07) is 2.82. The Hall–Kier alpha value is -1.43. The SMILES string of the molecule is CCOC(=O)CCC(=O)Nc1cc(F)c(Br)cc1C. The molecule has 0 unspecified atom stereocenters. The van der Waals surface area contributed by atoms with Gasteiger partial charge in [0.25, 0.3) is 0 Å². The monoisotopic (exact) mass is 331 g/mol. The Morgan fingerprint density at radius 2 is 2.05 bits per heavy atom. The van der Waals surface area contributed by atoms with Crippen LogP contribution in [0.5, 0.6) is 0 Å². The van der Waals surface area contributed by atoms with Crippen LogP contribution < -0.4 is 5.32 Å². The Kier molecular flexibility index (Phi) is 5.95. The van der Waals surface area contributed by atoms with Crippen LogP contribution in [-0.2, 0) is 14.3 Å². The van der Waals surface area contributed by atoms with Crippen LogP contribution in [0.2, 0.25) is 0 Å². The average Bonchev–Trinajstić information content (AvgIpc) is 2.34. The number of benzene rings is 1. The van der Waals surface area contributed by atoms with E-state index in [1.807, 2.05) is 0 Å². The summed E-state index contributed by atoms with van der Waals surface area (Å²) >= 11 is 3.06. The second-order valence-electron chi connectivity index (χ2n) is 3.93. The highest BCUT2D eigenvalue weighted by molar-refractivity contribution is 9.10. The van der Waals surface area contributed by atoms with Gasteiger partial charge >= 0.3 is 5.97 Å². The molecule has 0 bridgehead atoms. The zero-order valence-corrected chi connectivity index (χ0v) is 12.3. The van der Waals surface area contributed by atoms with Gasteiger partial charge in [0.05, 0.1) is 17.5 Å². The molecule has 1 N–H and O–H groups in total. The standard InChI is InChI=1S/C13H15BrFNO3/c1-3-19-13(18)5-4-12(17)16-11-7-10(15)9(14)6-8(11)2/h6-7H,3-5H2,1-2H3,(H,16,17). The van der Waals surface area contributed by atoms with Crippen molar-refractivity contribution in [3.63, 3.8) is 0 Å². The Balaban J connectivity index is 2.58. The molecule has 0 aliphatic heterocycles. The Morgan fingerprint density at radius 1 is 1.37 bits per heavy atom. The molecule has 0 saturated heterocycles. The molecule has 0 spiro atoms.